The van der Waals surface area contributed by atoms with Crippen molar-refractivity contribution in [2.45, 2.75) is 6.42 Å². The predicted molar refractivity (Wildman–Crippen MR) is 53.1 cm³/mol. The maximum absolute atomic E-state index is 4.19. The lowest BCUT2D eigenvalue weighted by Gasteiger charge is -1.96. The highest BCUT2D eigenvalue weighted by Gasteiger charge is 2.00. The maximum Gasteiger partial charge on any atom is 0.234 e. The standard InChI is InChI=1S/C10H10N4/c1-2-4-9-7-14(8-13-9)10-11-5-3-6-12-10/h2-3,5-8H,1,4H2. The van der Waals surface area contributed by atoms with Crippen LogP contribution in [0, 0.1) is 0 Å². The molecule has 0 saturated heterocycles. The molecule has 14 heavy (non-hydrogen) atoms. The number of allylic oxidation sites excluding steroid dienone is 1. The monoisotopic (exact) mass is 186 g/mol. The van der Waals surface area contributed by atoms with E-state index in [1.807, 2.05) is 12.3 Å². The number of rotatable bonds is 3. The summed E-state index contributed by atoms with van der Waals surface area (Å²) in [5, 5.41) is 0. The smallest absolute Gasteiger partial charge is 0.234 e. The summed E-state index contributed by atoms with van der Waals surface area (Å²) in [7, 11) is 0. The molecule has 0 fully saturated rings. The van der Waals surface area contributed by atoms with Crippen LogP contribution in [0.1, 0.15) is 5.69 Å². The highest BCUT2D eigenvalue weighted by Crippen LogP contribution is 2.02. The fourth-order valence-electron chi connectivity index (χ4n) is 1.15. The topological polar surface area (TPSA) is 43.6 Å². The Kier molecular flexibility index (Phi) is 2.36. The Labute approximate surface area is 82.0 Å². The molecule has 0 spiro atoms. The Morgan fingerprint density at radius 2 is 2.07 bits per heavy atom. The van der Waals surface area contributed by atoms with Gasteiger partial charge in [0.1, 0.15) is 6.33 Å². The first-order valence-corrected chi connectivity index (χ1v) is 4.31. The molecule has 0 aromatic carbocycles. The van der Waals surface area contributed by atoms with Crippen molar-refractivity contribution in [2.75, 3.05) is 0 Å². The van der Waals surface area contributed by atoms with E-state index in [9.17, 15) is 0 Å². The minimum absolute atomic E-state index is 0.635. The van der Waals surface area contributed by atoms with Gasteiger partial charge in [0.2, 0.25) is 5.95 Å². The van der Waals surface area contributed by atoms with E-state index in [4.69, 9.17) is 0 Å². The van der Waals surface area contributed by atoms with E-state index in [-0.39, 0.29) is 0 Å². The minimum atomic E-state index is 0.635. The summed E-state index contributed by atoms with van der Waals surface area (Å²) < 4.78 is 1.79. The molecule has 0 aliphatic rings. The summed E-state index contributed by atoms with van der Waals surface area (Å²) in [6.45, 7) is 3.66. The van der Waals surface area contributed by atoms with Crippen LogP contribution in [0.25, 0.3) is 5.95 Å². The quantitative estimate of drug-likeness (QED) is 0.680. The molecule has 0 atom stereocenters. The van der Waals surface area contributed by atoms with Gasteiger partial charge in [-0.3, -0.25) is 4.57 Å². The first-order valence-electron chi connectivity index (χ1n) is 4.31. The second-order valence-electron chi connectivity index (χ2n) is 2.81. The van der Waals surface area contributed by atoms with E-state index in [2.05, 4.69) is 21.5 Å². The van der Waals surface area contributed by atoms with Gasteiger partial charge in [-0.2, -0.15) is 0 Å². The van der Waals surface area contributed by atoms with Gasteiger partial charge in [0.25, 0.3) is 0 Å². The average molecular weight is 186 g/mol. The van der Waals surface area contributed by atoms with E-state index in [0.717, 1.165) is 12.1 Å². The van der Waals surface area contributed by atoms with Crippen molar-refractivity contribution in [3.63, 3.8) is 0 Å². The van der Waals surface area contributed by atoms with Gasteiger partial charge in [-0.05, 0) is 6.07 Å². The molecular weight excluding hydrogens is 176 g/mol. The van der Waals surface area contributed by atoms with Crippen molar-refractivity contribution < 1.29 is 0 Å². The Bertz CT molecular complexity index is 419. The van der Waals surface area contributed by atoms with Gasteiger partial charge in [-0.15, -0.1) is 6.58 Å². The fraction of sp³-hybridized carbons (Fsp3) is 0.100. The summed E-state index contributed by atoms with van der Waals surface area (Å²) in [5.41, 5.74) is 0.965. The summed E-state index contributed by atoms with van der Waals surface area (Å²) >= 11 is 0. The third kappa shape index (κ3) is 1.69. The van der Waals surface area contributed by atoms with Gasteiger partial charge < -0.3 is 0 Å². The van der Waals surface area contributed by atoms with Crippen LogP contribution in [0.4, 0.5) is 0 Å². The third-order valence-corrected chi connectivity index (χ3v) is 1.77. The maximum atomic E-state index is 4.19. The first-order chi connectivity index (χ1) is 6.90. The zero-order chi connectivity index (χ0) is 9.80. The number of aromatic nitrogens is 4. The number of imidazole rings is 1. The van der Waals surface area contributed by atoms with Crippen LogP contribution in [-0.2, 0) is 6.42 Å². The normalized spacial score (nSPS) is 10.0. The van der Waals surface area contributed by atoms with E-state index in [0.29, 0.717) is 5.95 Å². The van der Waals surface area contributed by atoms with Crippen LogP contribution in [0.3, 0.4) is 0 Å². The van der Waals surface area contributed by atoms with Crippen molar-refractivity contribution in [1.82, 2.24) is 19.5 Å². The van der Waals surface area contributed by atoms with Gasteiger partial charge in [0.05, 0.1) is 5.69 Å². The van der Waals surface area contributed by atoms with Crippen molar-refractivity contribution >= 4 is 0 Å². The molecule has 4 heteroatoms. The van der Waals surface area contributed by atoms with Gasteiger partial charge in [-0.1, -0.05) is 6.08 Å². The lowest BCUT2D eigenvalue weighted by Crippen LogP contribution is -1.96. The molecule has 70 valence electrons. The van der Waals surface area contributed by atoms with Crippen LogP contribution >= 0.6 is 0 Å². The van der Waals surface area contributed by atoms with E-state index in [1.165, 1.54) is 0 Å². The molecule has 4 nitrogen and oxygen atoms in total. The molecule has 2 aromatic rings. The van der Waals surface area contributed by atoms with Crippen molar-refractivity contribution in [3.8, 4) is 5.95 Å². The zero-order valence-corrected chi connectivity index (χ0v) is 7.67. The second kappa shape index (κ2) is 3.83. The Morgan fingerprint density at radius 1 is 1.29 bits per heavy atom. The minimum Gasteiger partial charge on any atom is -0.274 e. The molecule has 0 bridgehead atoms. The van der Waals surface area contributed by atoms with Crippen LogP contribution < -0.4 is 0 Å². The predicted octanol–water partition coefficient (Wildman–Crippen LogP) is 1.39. The van der Waals surface area contributed by atoms with Gasteiger partial charge in [-0.25, -0.2) is 15.0 Å². The SMILES string of the molecule is C=CCc1cn(-c2ncccn2)cn1. The largest absolute Gasteiger partial charge is 0.274 e. The highest BCUT2D eigenvalue weighted by atomic mass is 15.2. The van der Waals surface area contributed by atoms with Gasteiger partial charge in [0, 0.05) is 25.0 Å². The Morgan fingerprint density at radius 3 is 2.79 bits per heavy atom. The van der Waals surface area contributed by atoms with Crippen molar-refractivity contribution in [1.29, 1.82) is 0 Å². The van der Waals surface area contributed by atoms with Gasteiger partial charge in [0.15, 0.2) is 0 Å². The molecule has 2 aromatic heterocycles. The Hall–Kier alpha value is -1.97. The second-order valence-corrected chi connectivity index (χ2v) is 2.81. The number of hydrogen-bond donors (Lipinski definition) is 0. The molecule has 0 saturated carbocycles. The third-order valence-electron chi connectivity index (χ3n) is 1.77. The molecule has 0 N–H and O–H groups in total. The van der Waals surface area contributed by atoms with Crippen molar-refractivity contribution in [3.05, 3.63) is 49.3 Å². The number of nitrogens with zero attached hydrogens (tertiary/aromatic N) is 4. The summed E-state index contributed by atoms with van der Waals surface area (Å²) in [4.78, 5) is 12.4. The number of hydrogen-bond acceptors (Lipinski definition) is 3. The van der Waals surface area contributed by atoms with Crippen LogP contribution in [0.5, 0.6) is 0 Å². The first kappa shape index (κ1) is 8.62. The van der Waals surface area contributed by atoms with Crippen LogP contribution in [0.15, 0.2) is 43.6 Å². The summed E-state index contributed by atoms with van der Waals surface area (Å²) in [6, 6.07) is 1.78. The Balaban J connectivity index is 2.29. The van der Waals surface area contributed by atoms with E-state index in [1.54, 1.807) is 29.4 Å². The average Bonchev–Trinajstić information content (AvgIpc) is 2.68. The lowest BCUT2D eigenvalue weighted by atomic mass is 10.3. The summed E-state index contributed by atoms with van der Waals surface area (Å²) in [5.74, 6) is 0.635. The van der Waals surface area contributed by atoms with Crippen molar-refractivity contribution in [2.24, 2.45) is 0 Å². The zero-order valence-electron chi connectivity index (χ0n) is 7.67. The van der Waals surface area contributed by atoms with Gasteiger partial charge >= 0.3 is 0 Å². The molecular formula is C10H10N4. The lowest BCUT2D eigenvalue weighted by molar-refractivity contribution is 0.925. The molecule has 2 rings (SSSR count). The highest BCUT2D eigenvalue weighted by molar-refractivity contribution is 5.13. The summed E-state index contributed by atoms with van der Waals surface area (Å²) in [6.07, 6.45) is 9.59. The van der Waals surface area contributed by atoms with E-state index >= 15 is 0 Å². The molecule has 0 aliphatic heterocycles. The molecule has 0 amide bonds. The molecule has 0 unspecified atom stereocenters. The van der Waals surface area contributed by atoms with E-state index < -0.39 is 0 Å². The molecule has 2 heterocycles. The molecule has 0 radical (unpaired) electrons. The van der Waals surface area contributed by atoms with Crippen LogP contribution in [0.2, 0.25) is 0 Å². The fourth-order valence-corrected chi connectivity index (χ4v) is 1.15. The molecule has 0 aliphatic carbocycles. The van der Waals surface area contributed by atoms with Crippen LogP contribution in [-0.4, -0.2) is 19.5 Å².